The molecule has 3 aromatic rings. The fraction of sp³-hybridized carbons (Fsp3) is 0.280. The Hall–Kier alpha value is -3.29. The summed E-state index contributed by atoms with van der Waals surface area (Å²) in [5.41, 5.74) is 0.346. The summed E-state index contributed by atoms with van der Waals surface area (Å²) >= 11 is 0. The van der Waals surface area contributed by atoms with Gasteiger partial charge in [0.1, 0.15) is 28.9 Å². The summed E-state index contributed by atoms with van der Waals surface area (Å²) in [6.07, 6.45) is -5.37. The lowest BCUT2D eigenvalue weighted by atomic mass is 9.82. The molecule has 0 saturated carbocycles. The number of hydrogen-bond acceptors (Lipinski definition) is 3. The smallest absolute Gasteiger partial charge is 0.389 e. The molecule has 3 nitrogen and oxygen atoms in total. The molecule has 0 spiro atoms. The van der Waals surface area contributed by atoms with Crippen LogP contribution in [0.2, 0.25) is 0 Å². The fourth-order valence-corrected chi connectivity index (χ4v) is 3.83. The van der Waals surface area contributed by atoms with E-state index in [1.807, 2.05) is 6.92 Å². The summed E-state index contributed by atoms with van der Waals surface area (Å²) in [5.74, 6) is -3.44. The highest BCUT2D eigenvalue weighted by Gasteiger charge is 2.29. The molecule has 176 valence electrons. The number of phenolic OH excluding ortho intramolecular Hbond substituents is 3. The molecule has 3 rings (SSSR count). The Morgan fingerprint density at radius 1 is 0.758 bits per heavy atom. The Labute approximate surface area is 187 Å². The first-order valence-corrected chi connectivity index (χ1v) is 10.4. The van der Waals surface area contributed by atoms with Crippen molar-refractivity contribution in [3.63, 3.8) is 0 Å². The average Bonchev–Trinajstić information content (AvgIpc) is 2.73. The molecule has 0 aromatic heterocycles. The van der Waals surface area contributed by atoms with Gasteiger partial charge in [0.2, 0.25) is 0 Å². The molecule has 0 saturated heterocycles. The highest BCUT2D eigenvalue weighted by atomic mass is 19.4. The van der Waals surface area contributed by atoms with E-state index < -0.39 is 42.3 Å². The minimum Gasteiger partial charge on any atom is -0.508 e. The lowest BCUT2D eigenvalue weighted by Crippen LogP contribution is -2.10. The number of rotatable bonds is 7. The second-order valence-electron chi connectivity index (χ2n) is 7.89. The summed E-state index contributed by atoms with van der Waals surface area (Å²) in [5, 5.41) is 30.9. The SMILES string of the molecule is CCCc1cc(O)c(C(c2ccc(O)cc2)c2cc(F)c(CCC(F)(F)F)cc2O)cc1F. The number of benzene rings is 3. The molecule has 1 unspecified atom stereocenters. The number of hydrogen-bond donors (Lipinski definition) is 3. The molecule has 0 heterocycles. The van der Waals surface area contributed by atoms with E-state index in [1.165, 1.54) is 30.3 Å². The van der Waals surface area contributed by atoms with E-state index in [9.17, 15) is 37.3 Å². The summed E-state index contributed by atoms with van der Waals surface area (Å²) in [7, 11) is 0. The van der Waals surface area contributed by atoms with Crippen molar-refractivity contribution in [1.82, 2.24) is 0 Å². The van der Waals surface area contributed by atoms with Crippen molar-refractivity contribution in [1.29, 1.82) is 0 Å². The Kier molecular flexibility index (Phi) is 7.15. The predicted molar refractivity (Wildman–Crippen MR) is 114 cm³/mol. The molecule has 0 amide bonds. The molecule has 0 radical (unpaired) electrons. The van der Waals surface area contributed by atoms with Gasteiger partial charge in [0.15, 0.2) is 0 Å². The van der Waals surface area contributed by atoms with Crippen LogP contribution in [0.3, 0.4) is 0 Å². The van der Waals surface area contributed by atoms with Gasteiger partial charge in [-0.2, -0.15) is 13.2 Å². The van der Waals surface area contributed by atoms with Crippen molar-refractivity contribution in [2.24, 2.45) is 0 Å². The molecular weight excluding hydrogens is 443 g/mol. The van der Waals surface area contributed by atoms with Crippen LogP contribution in [-0.2, 0) is 12.8 Å². The molecule has 0 aliphatic rings. The van der Waals surface area contributed by atoms with E-state index in [0.717, 1.165) is 18.2 Å². The molecule has 3 aromatic carbocycles. The van der Waals surface area contributed by atoms with Gasteiger partial charge in [-0.05, 0) is 65.9 Å². The normalized spacial score (nSPS) is 12.7. The van der Waals surface area contributed by atoms with E-state index >= 15 is 0 Å². The quantitative estimate of drug-likeness (QED) is 0.268. The van der Waals surface area contributed by atoms with Crippen molar-refractivity contribution in [2.75, 3.05) is 0 Å². The molecule has 0 fully saturated rings. The van der Waals surface area contributed by atoms with Crippen LogP contribution in [-0.4, -0.2) is 21.5 Å². The summed E-state index contributed by atoms with van der Waals surface area (Å²) in [6.45, 7) is 1.85. The van der Waals surface area contributed by atoms with E-state index in [1.54, 1.807) is 0 Å². The maximum atomic E-state index is 14.8. The standard InChI is InChI=1S/C25H23F5O3/c1-2-3-15-10-22(32)18(12-20(15)26)24(14-4-6-17(31)7-5-14)19-13-21(27)16(11-23(19)33)8-9-25(28,29)30/h4-7,10-13,24,31-33H,2-3,8-9H2,1H3. The first kappa shape index (κ1) is 24.4. The van der Waals surface area contributed by atoms with Crippen LogP contribution >= 0.6 is 0 Å². The zero-order valence-electron chi connectivity index (χ0n) is 17.8. The van der Waals surface area contributed by atoms with Crippen LogP contribution < -0.4 is 0 Å². The predicted octanol–water partition coefficient (Wildman–Crippen LogP) is 6.71. The summed E-state index contributed by atoms with van der Waals surface area (Å²) in [4.78, 5) is 0. The van der Waals surface area contributed by atoms with Crippen molar-refractivity contribution >= 4 is 0 Å². The van der Waals surface area contributed by atoms with E-state index in [0.29, 0.717) is 24.0 Å². The van der Waals surface area contributed by atoms with Gasteiger partial charge in [0, 0.05) is 23.5 Å². The third-order valence-corrected chi connectivity index (χ3v) is 5.44. The number of halogens is 5. The van der Waals surface area contributed by atoms with Crippen LogP contribution in [0.5, 0.6) is 17.2 Å². The highest BCUT2D eigenvalue weighted by molar-refractivity contribution is 5.55. The van der Waals surface area contributed by atoms with Crippen molar-refractivity contribution in [3.05, 3.63) is 88.0 Å². The molecule has 8 heteroatoms. The van der Waals surface area contributed by atoms with E-state index in [-0.39, 0.29) is 28.2 Å². The largest absolute Gasteiger partial charge is 0.508 e. The molecule has 3 N–H and O–H groups in total. The van der Waals surface area contributed by atoms with Gasteiger partial charge in [0.25, 0.3) is 0 Å². The summed E-state index contributed by atoms with van der Waals surface area (Å²) < 4.78 is 67.2. The Morgan fingerprint density at radius 3 is 1.70 bits per heavy atom. The lowest BCUT2D eigenvalue weighted by molar-refractivity contribution is -0.134. The van der Waals surface area contributed by atoms with Gasteiger partial charge >= 0.3 is 6.18 Å². The van der Waals surface area contributed by atoms with Crippen LogP contribution in [0.25, 0.3) is 0 Å². The minimum absolute atomic E-state index is 0.0378. The average molecular weight is 466 g/mol. The van der Waals surface area contributed by atoms with Crippen LogP contribution in [0.1, 0.15) is 53.5 Å². The molecule has 1 atom stereocenters. The number of aromatic hydroxyl groups is 3. The monoisotopic (exact) mass is 466 g/mol. The number of phenols is 3. The van der Waals surface area contributed by atoms with Gasteiger partial charge in [-0.15, -0.1) is 0 Å². The molecule has 0 bridgehead atoms. The topological polar surface area (TPSA) is 60.7 Å². The van der Waals surface area contributed by atoms with Gasteiger partial charge in [-0.3, -0.25) is 0 Å². The van der Waals surface area contributed by atoms with Gasteiger partial charge in [0.05, 0.1) is 0 Å². The zero-order chi connectivity index (χ0) is 24.3. The molecule has 0 aliphatic carbocycles. The maximum Gasteiger partial charge on any atom is 0.389 e. The van der Waals surface area contributed by atoms with Gasteiger partial charge < -0.3 is 15.3 Å². The van der Waals surface area contributed by atoms with Crippen LogP contribution in [0.15, 0.2) is 48.5 Å². The third kappa shape index (κ3) is 5.74. The fourth-order valence-electron chi connectivity index (χ4n) is 3.83. The van der Waals surface area contributed by atoms with E-state index in [2.05, 4.69) is 0 Å². The number of aryl methyl sites for hydroxylation is 2. The molecule has 33 heavy (non-hydrogen) atoms. The molecular formula is C25H23F5O3. The zero-order valence-corrected chi connectivity index (χ0v) is 17.8. The number of alkyl halides is 3. The Bertz CT molecular complexity index is 1120. The second-order valence-corrected chi connectivity index (χ2v) is 7.89. The first-order valence-electron chi connectivity index (χ1n) is 10.4. The summed E-state index contributed by atoms with van der Waals surface area (Å²) in [6, 6.07) is 9.80. The van der Waals surface area contributed by atoms with Gasteiger partial charge in [-0.25, -0.2) is 8.78 Å². The molecule has 0 aliphatic heterocycles. The van der Waals surface area contributed by atoms with Crippen molar-refractivity contribution in [2.45, 2.75) is 44.7 Å². The highest BCUT2D eigenvalue weighted by Crippen LogP contribution is 2.42. The van der Waals surface area contributed by atoms with Crippen molar-refractivity contribution in [3.8, 4) is 17.2 Å². The minimum atomic E-state index is -4.49. The van der Waals surface area contributed by atoms with Gasteiger partial charge in [-0.1, -0.05) is 25.5 Å². The Morgan fingerprint density at radius 2 is 1.24 bits per heavy atom. The first-order chi connectivity index (χ1) is 15.5. The van der Waals surface area contributed by atoms with Crippen LogP contribution in [0.4, 0.5) is 22.0 Å². The Balaban J connectivity index is 2.15. The lowest BCUT2D eigenvalue weighted by Gasteiger charge is -2.22. The van der Waals surface area contributed by atoms with Crippen LogP contribution in [0, 0.1) is 11.6 Å². The van der Waals surface area contributed by atoms with E-state index in [4.69, 9.17) is 0 Å². The second kappa shape index (κ2) is 9.68. The third-order valence-electron chi connectivity index (χ3n) is 5.44. The maximum absolute atomic E-state index is 14.8. The van der Waals surface area contributed by atoms with Crippen molar-refractivity contribution < 1.29 is 37.3 Å².